The average molecular weight is 418 g/mol. The second-order valence-electron chi connectivity index (χ2n) is 6.81. The Kier molecular flexibility index (Phi) is 5.59. The Labute approximate surface area is 170 Å². The van der Waals surface area contributed by atoms with Gasteiger partial charge in [-0.05, 0) is 37.0 Å². The van der Waals surface area contributed by atoms with Gasteiger partial charge in [0.25, 0.3) is 5.56 Å². The van der Waals surface area contributed by atoms with Crippen LogP contribution in [-0.2, 0) is 11.2 Å². The van der Waals surface area contributed by atoms with Crippen molar-refractivity contribution in [2.75, 3.05) is 24.5 Å². The van der Waals surface area contributed by atoms with Gasteiger partial charge in [0.15, 0.2) is 10.8 Å². The van der Waals surface area contributed by atoms with Crippen LogP contribution in [0.2, 0.25) is 5.02 Å². The number of aromatic amines is 1. The van der Waals surface area contributed by atoms with Gasteiger partial charge >= 0.3 is 0 Å². The number of fused-ring (bicyclic) bond motifs is 1. The number of piperidine rings is 1. The number of amides is 1. The van der Waals surface area contributed by atoms with Crippen molar-refractivity contribution in [3.63, 3.8) is 0 Å². The fraction of sp³-hybridized carbons (Fsp3) is 0.368. The fourth-order valence-electron chi connectivity index (χ4n) is 3.35. The van der Waals surface area contributed by atoms with E-state index >= 15 is 0 Å². The number of hydrogen-bond acceptors (Lipinski definition) is 6. The standard InChI is InChI=1S/C19H20ClN5O2S/c20-14-3-1-12(2-4-14)5-8-21-17(26)13-6-9-25(10-7-13)19-24-16-15(28-19)18(27)23-11-22-16/h1-4,11,13H,5-10H2,(H,21,26)(H,22,23,27). The second-order valence-corrected chi connectivity index (χ2v) is 8.22. The maximum atomic E-state index is 12.5. The van der Waals surface area contributed by atoms with Crippen LogP contribution in [0.1, 0.15) is 18.4 Å². The summed E-state index contributed by atoms with van der Waals surface area (Å²) in [6.45, 7) is 2.10. The normalized spacial score (nSPS) is 15.1. The number of carbonyl (C=O) groups excluding carboxylic acids is 1. The van der Waals surface area contributed by atoms with Crippen LogP contribution in [0.15, 0.2) is 35.4 Å². The first-order valence-electron chi connectivity index (χ1n) is 9.21. The largest absolute Gasteiger partial charge is 0.356 e. The quantitative estimate of drug-likeness (QED) is 0.665. The van der Waals surface area contributed by atoms with Crippen molar-refractivity contribution < 1.29 is 4.79 Å². The maximum absolute atomic E-state index is 12.5. The summed E-state index contributed by atoms with van der Waals surface area (Å²) < 4.78 is 0.541. The molecule has 1 fully saturated rings. The number of rotatable bonds is 5. The molecule has 0 saturated carbocycles. The highest BCUT2D eigenvalue weighted by Crippen LogP contribution is 2.29. The van der Waals surface area contributed by atoms with Gasteiger partial charge in [0.05, 0.1) is 6.33 Å². The van der Waals surface area contributed by atoms with Crippen molar-refractivity contribution in [2.45, 2.75) is 19.3 Å². The third-order valence-corrected chi connectivity index (χ3v) is 6.31. The summed E-state index contributed by atoms with van der Waals surface area (Å²) in [5.74, 6) is 0.119. The van der Waals surface area contributed by atoms with E-state index in [0.29, 0.717) is 21.9 Å². The Morgan fingerprint density at radius 3 is 2.75 bits per heavy atom. The van der Waals surface area contributed by atoms with Gasteiger partial charge in [-0.15, -0.1) is 0 Å². The Balaban J connectivity index is 1.28. The molecule has 0 atom stereocenters. The summed E-state index contributed by atoms with van der Waals surface area (Å²) in [6.07, 6.45) is 3.70. The highest BCUT2D eigenvalue weighted by molar-refractivity contribution is 7.22. The number of thiazole rings is 1. The minimum Gasteiger partial charge on any atom is -0.356 e. The first kappa shape index (κ1) is 18.9. The predicted octanol–water partition coefficient (Wildman–Crippen LogP) is 2.61. The van der Waals surface area contributed by atoms with Crippen molar-refractivity contribution >= 4 is 44.3 Å². The lowest BCUT2D eigenvalue weighted by Crippen LogP contribution is -2.41. The number of H-pyrrole nitrogens is 1. The van der Waals surface area contributed by atoms with Crippen LogP contribution in [0.3, 0.4) is 0 Å². The molecule has 2 aromatic heterocycles. The summed E-state index contributed by atoms with van der Waals surface area (Å²) in [5.41, 5.74) is 1.47. The number of nitrogens with zero attached hydrogens (tertiary/aromatic N) is 3. The molecule has 1 aromatic carbocycles. The van der Waals surface area contributed by atoms with Gasteiger partial charge in [0.1, 0.15) is 4.70 Å². The zero-order valence-electron chi connectivity index (χ0n) is 15.2. The molecule has 9 heteroatoms. The molecule has 1 amide bonds. The van der Waals surface area contributed by atoms with Crippen molar-refractivity contribution in [1.82, 2.24) is 20.3 Å². The summed E-state index contributed by atoms with van der Waals surface area (Å²) in [6, 6.07) is 7.68. The lowest BCUT2D eigenvalue weighted by molar-refractivity contribution is -0.125. The number of anilines is 1. The van der Waals surface area contributed by atoms with E-state index in [0.717, 1.165) is 43.0 Å². The molecule has 0 spiro atoms. The van der Waals surface area contributed by atoms with Crippen molar-refractivity contribution in [3.05, 3.63) is 51.5 Å². The van der Waals surface area contributed by atoms with E-state index in [2.05, 4.69) is 25.2 Å². The van der Waals surface area contributed by atoms with E-state index in [1.807, 2.05) is 24.3 Å². The fourth-order valence-corrected chi connectivity index (χ4v) is 4.44. The minimum absolute atomic E-state index is 0.0115. The number of halogens is 1. The predicted molar refractivity (Wildman–Crippen MR) is 111 cm³/mol. The van der Waals surface area contributed by atoms with Gasteiger partial charge in [-0.25, -0.2) is 4.98 Å². The van der Waals surface area contributed by atoms with Crippen LogP contribution < -0.4 is 15.8 Å². The van der Waals surface area contributed by atoms with Crippen molar-refractivity contribution in [3.8, 4) is 0 Å². The van der Waals surface area contributed by atoms with Crippen LogP contribution in [0.5, 0.6) is 0 Å². The van der Waals surface area contributed by atoms with E-state index in [-0.39, 0.29) is 17.4 Å². The second kappa shape index (κ2) is 8.28. The highest BCUT2D eigenvalue weighted by atomic mass is 35.5. The molecule has 3 heterocycles. The van der Waals surface area contributed by atoms with E-state index in [1.165, 1.54) is 17.7 Å². The molecule has 2 N–H and O–H groups in total. The Morgan fingerprint density at radius 2 is 2.04 bits per heavy atom. The first-order valence-corrected chi connectivity index (χ1v) is 10.4. The molecular formula is C19H20ClN5O2S. The molecule has 28 heavy (non-hydrogen) atoms. The lowest BCUT2D eigenvalue weighted by atomic mass is 9.96. The van der Waals surface area contributed by atoms with Gasteiger partial charge in [-0.3, -0.25) is 9.59 Å². The van der Waals surface area contributed by atoms with Crippen LogP contribution in [0, 0.1) is 5.92 Å². The van der Waals surface area contributed by atoms with Crippen LogP contribution in [0.25, 0.3) is 10.3 Å². The van der Waals surface area contributed by atoms with E-state index in [9.17, 15) is 9.59 Å². The molecular weight excluding hydrogens is 398 g/mol. The topological polar surface area (TPSA) is 91.0 Å². The molecule has 0 aliphatic carbocycles. The van der Waals surface area contributed by atoms with Crippen LogP contribution >= 0.6 is 22.9 Å². The summed E-state index contributed by atoms with van der Waals surface area (Å²) in [4.78, 5) is 37.6. The number of nitrogens with one attached hydrogen (secondary N) is 2. The zero-order valence-corrected chi connectivity index (χ0v) is 16.7. The van der Waals surface area contributed by atoms with Gasteiger partial charge in [0.2, 0.25) is 5.91 Å². The smallest absolute Gasteiger partial charge is 0.270 e. The Bertz CT molecular complexity index is 1020. The molecule has 0 bridgehead atoms. The Morgan fingerprint density at radius 1 is 1.29 bits per heavy atom. The molecule has 146 valence electrons. The number of carbonyl (C=O) groups is 1. The van der Waals surface area contributed by atoms with Crippen molar-refractivity contribution in [2.24, 2.45) is 5.92 Å². The third kappa shape index (κ3) is 4.18. The Hall–Kier alpha value is -2.45. The zero-order chi connectivity index (χ0) is 19.5. The SMILES string of the molecule is O=C(NCCc1ccc(Cl)cc1)C1CCN(c2nc3nc[nH]c(=O)c3s2)CC1. The molecule has 4 rings (SSSR count). The molecule has 7 nitrogen and oxygen atoms in total. The molecule has 1 saturated heterocycles. The monoisotopic (exact) mass is 417 g/mol. The molecule has 1 aliphatic rings. The summed E-state index contributed by atoms with van der Waals surface area (Å²) in [5, 5.41) is 4.55. The molecule has 1 aliphatic heterocycles. The molecule has 3 aromatic rings. The van der Waals surface area contributed by atoms with Crippen LogP contribution in [-0.4, -0.2) is 40.5 Å². The first-order chi connectivity index (χ1) is 13.6. The van der Waals surface area contributed by atoms with E-state index < -0.39 is 0 Å². The maximum Gasteiger partial charge on any atom is 0.270 e. The third-order valence-electron chi connectivity index (χ3n) is 4.95. The average Bonchev–Trinajstić information content (AvgIpc) is 3.15. The summed E-state index contributed by atoms with van der Waals surface area (Å²) >= 11 is 7.24. The van der Waals surface area contributed by atoms with Gasteiger partial charge in [-0.2, -0.15) is 4.98 Å². The minimum atomic E-state index is -0.163. The number of benzene rings is 1. The van der Waals surface area contributed by atoms with Gasteiger partial charge in [-0.1, -0.05) is 35.1 Å². The highest BCUT2D eigenvalue weighted by Gasteiger charge is 2.26. The van der Waals surface area contributed by atoms with Crippen molar-refractivity contribution in [1.29, 1.82) is 0 Å². The summed E-state index contributed by atoms with van der Waals surface area (Å²) in [7, 11) is 0. The molecule has 0 unspecified atom stereocenters. The lowest BCUT2D eigenvalue weighted by Gasteiger charge is -2.30. The molecule has 0 radical (unpaired) electrons. The number of aromatic nitrogens is 3. The van der Waals surface area contributed by atoms with Gasteiger partial charge in [0, 0.05) is 30.6 Å². The van der Waals surface area contributed by atoms with Crippen LogP contribution in [0.4, 0.5) is 5.13 Å². The van der Waals surface area contributed by atoms with E-state index in [1.54, 1.807) is 0 Å². The number of hydrogen-bond donors (Lipinski definition) is 2. The van der Waals surface area contributed by atoms with Gasteiger partial charge < -0.3 is 15.2 Å². The van der Waals surface area contributed by atoms with E-state index in [4.69, 9.17) is 11.6 Å².